The third kappa shape index (κ3) is 2.90. The third-order valence-electron chi connectivity index (χ3n) is 4.41. The van der Waals surface area contributed by atoms with Gasteiger partial charge in [-0.3, -0.25) is 0 Å². The fourth-order valence-electron chi connectivity index (χ4n) is 2.87. The fraction of sp³-hybridized carbons (Fsp3) is 0.625. The van der Waals surface area contributed by atoms with E-state index in [-0.39, 0.29) is 6.04 Å². The molecule has 0 bridgehead atoms. The van der Waals surface area contributed by atoms with E-state index in [0.717, 1.165) is 0 Å². The summed E-state index contributed by atoms with van der Waals surface area (Å²) in [5.74, 6) is 1.37. The molecule has 0 aromatic heterocycles. The van der Waals surface area contributed by atoms with Crippen LogP contribution >= 0.6 is 0 Å². The second-order valence-electron chi connectivity index (χ2n) is 5.55. The molecule has 2 rings (SSSR count). The standard InChI is InChI=1S/C16H25N/c1-3-12(2)13-8-10-15(11-9-13)16(17)14-6-4-5-7-14/h8-12,14,16H,3-7,17H2,1-2H3. The van der Waals surface area contributed by atoms with Crippen molar-refractivity contribution in [2.24, 2.45) is 11.7 Å². The molecule has 1 fully saturated rings. The Labute approximate surface area is 105 Å². The first-order valence-electron chi connectivity index (χ1n) is 7.07. The van der Waals surface area contributed by atoms with E-state index < -0.39 is 0 Å². The van der Waals surface area contributed by atoms with Gasteiger partial charge in [0, 0.05) is 6.04 Å². The predicted octanol–water partition coefficient (Wildman–Crippen LogP) is 4.39. The van der Waals surface area contributed by atoms with Crippen molar-refractivity contribution in [1.82, 2.24) is 0 Å². The predicted molar refractivity (Wildman–Crippen MR) is 74.0 cm³/mol. The van der Waals surface area contributed by atoms with E-state index in [1.165, 1.54) is 43.2 Å². The van der Waals surface area contributed by atoms with Crippen LogP contribution in [0.1, 0.15) is 69.0 Å². The molecule has 1 aromatic rings. The summed E-state index contributed by atoms with van der Waals surface area (Å²) in [6.07, 6.45) is 6.56. The quantitative estimate of drug-likeness (QED) is 0.817. The van der Waals surface area contributed by atoms with Crippen LogP contribution in [0.15, 0.2) is 24.3 Å². The highest BCUT2D eigenvalue weighted by Gasteiger charge is 2.23. The summed E-state index contributed by atoms with van der Waals surface area (Å²) in [5.41, 5.74) is 9.12. The van der Waals surface area contributed by atoms with Crippen molar-refractivity contribution >= 4 is 0 Å². The number of hydrogen-bond donors (Lipinski definition) is 1. The van der Waals surface area contributed by atoms with Gasteiger partial charge in [-0.25, -0.2) is 0 Å². The molecule has 1 nitrogen and oxygen atoms in total. The first-order chi connectivity index (χ1) is 8.22. The maximum Gasteiger partial charge on any atom is 0.0323 e. The highest BCUT2D eigenvalue weighted by atomic mass is 14.7. The molecule has 1 saturated carbocycles. The lowest BCUT2D eigenvalue weighted by atomic mass is 9.90. The van der Waals surface area contributed by atoms with Gasteiger partial charge in [-0.2, -0.15) is 0 Å². The van der Waals surface area contributed by atoms with Gasteiger partial charge in [0.1, 0.15) is 0 Å². The van der Waals surface area contributed by atoms with E-state index in [4.69, 9.17) is 5.73 Å². The van der Waals surface area contributed by atoms with Gasteiger partial charge in [-0.05, 0) is 42.2 Å². The van der Waals surface area contributed by atoms with Gasteiger partial charge in [-0.15, -0.1) is 0 Å². The van der Waals surface area contributed by atoms with Gasteiger partial charge in [0.25, 0.3) is 0 Å². The largest absolute Gasteiger partial charge is 0.324 e. The molecule has 0 radical (unpaired) electrons. The summed E-state index contributed by atoms with van der Waals surface area (Å²) in [7, 11) is 0. The van der Waals surface area contributed by atoms with Crippen LogP contribution in [0.25, 0.3) is 0 Å². The SMILES string of the molecule is CCC(C)c1ccc(C(N)C2CCCC2)cc1. The summed E-state index contributed by atoms with van der Waals surface area (Å²) < 4.78 is 0. The Balaban J connectivity index is 2.06. The molecule has 1 heteroatoms. The highest BCUT2D eigenvalue weighted by Crippen LogP contribution is 2.34. The zero-order chi connectivity index (χ0) is 12.3. The van der Waals surface area contributed by atoms with Gasteiger partial charge < -0.3 is 5.73 Å². The molecular formula is C16H25N. The first-order valence-corrected chi connectivity index (χ1v) is 7.07. The molecule has 0 amide bonds. The van der Waals surface area contributed by atoms with E-state index in [1.807, 2.05) is 0 Å². The minimum Gasteiger partial charge on any atom is -0.324 e. The van der Waals surface area contributed by atoms with E-state index >= 15 is 0 Å². The summed E-state index contributed by atoms with van der Waals surface area (Å²) in [5, 5.41) is 0. The Bertz CT molecular complexity index is 335. The lowest BCUT2D eigenvalue weighted by molar-refractivity contribution is 0.445. The molecule has 1 aliphatic carbocycles. The monoisotopic (exact) mass is 231 g/mol. The van der Waals surface area contributed by atoms with Crippen LogP contribution in [-0.2, 0) is 0 Å². The molecule has 2 N–H and O–H groups in total. The molecule has 1 aliphatic rings. The molecule has 17 heavy (non-hydrogen) atoms. The van der Waals surface area contributed by atoms with Crippen molar-refractivity contribution in [3.63, 3.8) is 0 Å². The summed E-state index contributed by atoms with van der Waals surface area (Å²) in [4.78, 5) is 0. The van der Waals surface area contributed by atoms with Crippen LogP contribution in [0, 0.1) is 5.92 Å². The van der Waals surface area contributed by atoms with Crippen molar-refractivity contribution in [2.45, 2.75) is 57.9 Å². The van der Waals surface area contributed by atoms with E-state index in [1.54, 1.807) is 0 Å². The Morgan fingerprint density at radius 2 is 1.65 bits per heavy atom. The lowest BCUT2D eigenvalue weighted by Gasteiger charge is -2.20. The van der Waals surface area contributed by atoms with E-state index in [9.17, 15) is 0 Å². The smallest absolute Gasteiger partial charge is 0.0323 e. The average Bonchev–Trinajstić information content (AvgIpc) is 2.91. The molecule has 0 saturated heterocycles. The number of nitrogens with two attached hydrogens (primary N) is 1. The van der Waals surface area contributed by atoms with Crippen LogP contribution in [0.5, 0.6) is 0 Å². The van der Waals surface area contributed by atoms with E-state index in [2.05, 4.69) is 38.1 Å². The Kier molecular flexibility index (Phi) is 4.22. The van der Waals surface area contributed by atoms with Crippen molar-refractivity contribution < 1.29 is 0 Å². The minimum absolute atomic E-state index is 0.253. The molecule has 0 heterocycles. The summed E-state index contributed by atoms with van der Waals surface area (Å²) in [6, 6.07) is 9.26. The maximum absolute atomic E-state index is 6.36. The van der Waals surface area contributed by atoms with Crippen LogP contribution in [0.2, 0.25) is 0 Å². The average molecular weight is 231 g/mol. The first kappa shape index (κ1) is 12.6. The molecular weight excluding hydrogens is 206 g/mol. The molecule has 0 spiro atoms. The second kappa shape index (κ2) is 5.68. The minimum atomic E-state index is 0.253. The summed E-state index contributed by atoms with van der Waals surface area (Å²) >= 11 is 0. The van der Waals surface area contributed by atoms with Crippen molar-refractivity contribution in [3.05, 3.63) is 35.4 Å². The van der Waals surface area contributed by atoms with Crippen LogP contribution in [0.4, 0.5) is 0 Å². The number of benzene rings is 1. The normalized spacial score (nSPS) is 20.4. The Morgan fingerprint density at radius 1 is 1.12 bits per heavy atom. The van der Waals surface area contributed by atoms with Gasteiger partial charge in [0.05, 0.1) is 0 Å². The van der Waals surface area contributed by atoms with Gasteiger partial charge in [0.2, 0.25) is 0 Å². The number of hydrogen-bond acceptors (Lipinski definition) is 1. The summed E-state index contributed by atoms with van der Waals surface area (Å²) in [6.45, 7) is 4.52. The molecule has 2 atom stereocenters. The van der Waals surface area contributed by atoms with E-state index in [0.29, 0.717) is 11.8 Å². The van der Waals surface area contributed by atoms with Crippen LogP contribution in [0.3, 0.4) is 0 Å². The van der Waals surface area contributed by atoms with Gasteiger partial charge in [0.15, 0.2) is 0 Å². The third-order valence-corrected chi connectivity index (χ3v) is 4.41. The molecule has 1 aromatic carbocycles. The highest BCUT2D eigenvalue weighted by molar-refractivity contribution is 5.27. The lowest BCUT2D eigenvalue weighted by Crippen LogP contribution is -2.19. The molecule has 2 unspecified atom stereocenters. The van der Waals surface area contributed by atoms with Gasteiger partial charge in [-0.1, -0.05) is 51.0 Å². The maximum atomic E-state index is 6.36. The zero-order valence-corrected chi connectivity index (χ0v) is 11.2. The van der Waals surface area contributed by atoms with Crippen molar-refractivity contribution in [1.29, 1.82) is 0 Å². The van der Waals surface area contributed by atoms with Crippen molar-refractivity contribution in [3.8, 4) is 0 Å². The van der Waals surface area contributed by atoms with Crippen molar-refractivity contribution in [2.75, 3.05) is 0 Å². The Morgan fingerprint density at radius 3 is 2.18 bits per heavy atom. The second-order valence-corrected chi connectivity index (χ2v) is 5.55. The fourth-order valence-corrected chi connectivity index (χ4v) is 2.87. The Hall–Kier alpha value is -0.820. The molecule has 94 valence electrons. The van der Waals surface area contributed by atoms with Crippen LogP contribution in [-0.4, -0.2) is 0 Å². The van der Waals surface area contributed by atoms with Gasteiger partial charge >= 0.3 is 0 Å². The molecule has 0 aliphatic heterocycles. The topological polar surface area (TPSA) is 26.0 Å². The number of rotatable bonds is 4. The zero-order valence-electron chi connectivity index (χ0n) is 11.2. The van der Waals surface area contributed by atoms with Crippen LogP contribution < -0.4 is 5.73 Å².